The largest absolute Gasteiger partial charge is 0.496 e. The number of alkyl halides is 3. The predicted molar refractivity (Wildman–Crippen MR) is 122 cm³/mol. The third-order valence-electron chi connectivity index (χ3n) is 4.99. The van der Waals surface area contributed by atoms with Crippen molar-refractivity contribution in [2.75, 3.05) is 7.11 Å². The van der Waals surface area contributed by atoms with Crippen molar-refractivity contribution in [1.29, 1.82) is 0 Å². The van der Waals surface area contributed by atoms with E-state index in [1.165, 1.54) is 13.2 Å². The maximum atomic E-state index is 12.7. The Hall–Kier alpha value is -3.30. The molecule has 0 N–H and O–H groups in total. The second-order valence-corrected chi connectivity index (χ2v) is 7.95. The Bertz CT molecular complexity index is 1310. The van der Waals surface area contributed by atoms with Crippen LogP contribution in [0.3, 0.4) is 0 Å². The highest BCUT2D eigenvalue weighted by Gasteiger charge is 2.32. The minimum absolute atomic E-state index is 0.0355. The molecule has 4 aromatic rings. The molecule has 0 amide bonds. The lowest BCUT2D eigenvalue weighted by atomic mass is 10.1. The summed E-state index contributed by atoms with van der Waals surface area (Å²) in [6.07, 6.45) is -1.74. The molecule has 4 rings (SSSR count). The number of halogens is 5. The number of pyridine rings is 2. The minimum atomic E-state index is -4.49. The summed E-state index contributed by atoms with van der Waals surface area (Å²) in [7, 11) is 3.33. The van der Waals surface area contributed by atoms with Crippen molar-refractivity contribution >= 4 is 23.2 Å². The van der Waals surface area contributed by atoms with Crippen LogP contribution in [0.2, 0.25) is 10.3 Å². The lowest BCUT2D eigenvalue weighted by molar-refractivity contribution is -0.141. The molecule has 1 aromatic carbocycles. The molecule has 3 aromatic heterocycles. The number of imidazole rings is 1. The first-order chi connectivity index (χ1) is 16.2. The third kappa shape index (κ3) is 4.95. The highest BCUT2D eigenvalue weighted by atomic mass is 35.5. The lowest BCUT2D eigenvalue weighted by Crippen LogP contribution is -2.08. The second kappa shape index (κ2) is 9.52. The van der Waals surface area contributed by atoms with Gasteiger partial charge in [0.1, 0.15) is 34.8 Å². The topological polar surface area (TPSA) is 62.1 Å². The number of hydrogen-bond donors (Lipinski definition) is 0. The first-order valence-electron chi connectivity index (χ1n) is 9.85. The molecule has 0 atom stereocenters. The summed E-state index contributed by atoms with van der Waals surface area (Å²) in [4.78, 5) is 12.0. The Labute approximate surface area is 202 Å². The van der Waals surface area contributed by atoms with E-state index in [-0.39, 0.29) is 11.8 Å². The van der Waals surface area contributed by atoms with Gasteiger partial charge in [-0.3, -0.25) is 4.98 Å². The van der Waals surface area contributed by atoms with Gasteiger partial charge in [0.05, 0.1) is 12.8 Å². The zero-order valence-electron chi connectivity index (χ0n) is 17.9. The Morgan fingerprint density at radius 1 is 1.00 bits per heavy atom. The van der Waals surface area contributed by atoms with E-state index in [2.05, 4.69) is 15.0 Å². The zero-order chi connectivity index (χ0) is 24.5. The van der Waals surface area contributed by atoms with Crippen LogP contribution < -0.4 is 9.47 Å². The van der Waals surface area contributed by atoms with Crippen LogP contribution in [0.25, 0.3) is 22.6 Å². The van der Waals surface area contributed by atoms with Gasteiger partial charge in [0, 0.05) is 42.2 Å². The summed E-state index contributed by atoms with van der Waals surface area (Å²) in [5.74, 6) is 1.54. The van der Waals surface area contributed by atoms with E-state index < -0.39 is 11.9 Å². The van der Waals surface area contributed by atoms with E-state index in [1.54, 1.807) is 36.5 Å². The SMILES string of the molecule is COc1cc(OCc2ccc(C(F)(F)F)nc2)ccc1-c1c(Cl)nc(-c2ccc(Cl)nc2)n1C. The maximum Gasteiger partial charge on any atom is 0.433 e. The zero-order valence-corrected chi connectivity index (χ0v) is 19.4. The first-order valence-corrected chi connectivity index (χ1v) is 10.6. The van der Waals surface area contributed by atoms with Crippen molar-refractivity contribution in [1.82, 2.24) is 19.5 Å². The fraction of sp³-hybridized carbons (Fsp3) is 0.174. The van der Waals surface area contributed by atoms with Gasteiger partial charge in [-0.2, -0.15) is 13.2 Å². The molecule has 3 heterocycles. The van der Waals surface area contributed by atoms with Gasteiger partial charge in [-0.1, -0.05) is 29.3 Å². The Balaban J connectivity index is 1.58. The normalized spacial score (nSPS) is 11.5. The van der Waals surface area contributed by atoms with Crippen molar-refractivity contribution in [3.8, 4) is 34.1 Å². The molecular weight excluding hydrogens is 492 g/mol. The lowest BCUT2D eigenvalue weighted by Gasteiger charge is -2.13. The van der Waals surface area contributed by atoms with Crippen LogP contribution in [-0.4, -0.2) is 26.6 Å². The Kier molecular flexibility index (Phi) is 6.67. The molecule has 6 nitrogen and oxygen atoms in total. The summed E-state index contributed by atoms with van der Waals surface area (Å²) in [5.41, 5.74) is 1.58. The van der Waals surface area contributed by atoms with Crippen molar-refractivity contribution in [2.24, 2.45) is 7.05 Å². The van der Waals surface area contributed by atoms with Crippen molar-refractivity contribution in [2.45, 2.75) is 12.8 Å². The van der Waals surface area contributed by atoms with Gasteiger partial charge in [0.2, 0.25) is 0 Å². The number of ether oxygens (including phenoxy) is 2. The number of methoxy groups -OCH3 is 1. The molecule has 0 fully saturated rings. The summed E-state index contributed by atoms with van der Waals surface area (Å²) >= 11 is 12.3. The van der Waals surface area contributed by atoms with E-state index in [4.69, 9.17) is 32.7 Å². The summed E-state index contributed by atoms with van der Waals surface area (Å²) in [5, 5.41) is 0.642. The molecule has 0 aliphatic carbocycles. The Morgan fingerprint density at radius 3 is 2.41 bits per heavy atom. The van der Waals surface area contributed by atoms with Gasteiger partial charge in [-0.05, 0) is 30.3 Å². The fourth-order valence-electron chi connectivity index (χ4n) is 3.32. The average molecular weight is 509 g/mol. The van der Waals surface area contributed by atoms with E-state index in [0.29, 0.717) is 39.3 Å². The highest BCUT2D eigenvalue weighted by Crippen LogP contribution is 2.39. The van der Waals surface area contributed by atoms with Crippen molar-refractivity contribution in [3.63, 3.8) is 0 Å². The van der Waals surface area contributed by atoms with E-state index in [9.17, 15) is 13.2 Å². The molecule has 0 radical (unpaired) electrons. The minimum Gasteiger partial charge on any atom is -0.496 e. The van der Waals surface area contributed by atoms with E-state index in [1.807, 2.05) is 11.6 Å². The van der Waals surface area contributed by atoms with Gasteiger partial charge in [-0.15, -0.1) is 0 Å². The summed E-state index contributed by atoms with van der Waals surface area (Å²) in [6.45, 7) is 0.0355. The van der Waals surface area contributed by atoms with Crippen molar-refractivity contribution < 1.29 is 22.6 Å². The number of rotatable bonds is 6. The molecule has 0 unspecified atom stereocenters. The van der Waals surface area contributed by atoms with Crippen LogP contribution in [0.15, 0.2) is 54.9 Å². The molecule has 0 bridgehead atoms. The highest BCUT2D eigenvalue weighted by molar-refractivity contribution is 6.32. The monoisotopic (exact) mass is 508 g/mol. The molecule has 0 saturated carbocycles. The molecule has 0 saturated heterocycles. The molecule has 0 aliphatic heterocycles. The van der Waals surface area contributed by atoms with Gasteiger partial charge >= 0.3 is 6.18 Å². The average Bonchev–Trinajstić information content (AvgIpc) is 3.11. The van der Waals surface area contributed by atoms with Gasteiger partial charge < -0.3 is 14.0 Å². The molecule has 11 heteroatoms. The molecular formula is C23H17Cl2F3N4O2. The second-order valence-electron chi connectivity index (χ2n) is 7.20. The fourth-order valence-corrected chi connectivity index (χ4v) is 3.74. The van der Waals surface area contributed by atoms with Crippen molar-refractivity contribution in [3.05, 3.63) is 76.4 Å². The summed E-state index contributed by atoms with van der Waals surface area (Å²) < 4.78 is 51.1. The third-order valence-corrected chi connectivity index (χ3v) is 5.47. The molecule has 34 heavy (non-hydrogen) atoms. The number of benzene rings is 1. The van der Waals surface area contributed by atoms with Gasteiger partial charge in [0.25, 0.3) is 0 Å². The van der Waals surface area contributed by atoms with E-state index >= 15 is 0 Å². The van der Waals surface area contributed by atoms with Crippen LogP contribution >= 0.6 is 23.2 Å². The smallest absolute Gasteiger partial charge is 0.433 e. The van der Waals surface area contributed by atoms with Crippen LogP contribution in [0.4, 0.5) is 13.2 Å². The van der Waals surface area contributed by atoms with Crippen LogP contribution in [-0.2, 0) is 19.8 Å². The quantitative estimate of drug-likeness (QED) is 0.280. The number of hydrogen-bond acceptors (Lipinski definition) is 5. The first kappa shape index (κ1) is 23.8. The standard InChI is InChI=1S/C23H17Cl2F3N4O2/c1-32-20(21(25)31-22(32)14-4-8-19(24)30-11-14)16-6-5-15(9-17(16)33-2)34-12-13-3-7-18(29-10-13)23(26,27)28/h3-11H,12H2,1-2H3. The van der Waals surface area contributed by atoms with Gasteiger partial charge in [-0.25, -0.2) is 9.97 Å². The summed E-state index contributed by atoms with van der Waals surface area (Å²) in [6, 6.07) is 10.8. The van der Waals surface area contributed by atoms with Crippen LogP contribution in [0, 0.1) is 0 Å². The number of nitrogens with zero attached hydrogens (tertiary/aromatic N) is 4. The molecule has 0 spiro atoms. The molecule has 0 aliphatic rings. The Morgan fingerprint density at radius 2 is 1.79 bits per heavy atom. The number of aromatic nitrogens is 4. The molecule has 176 valence electrons. The maximum absolute atomic E-state index is 12.7. The van der Waals surface area contributed by atoms with Gasteiger partial charge in [0.15, 0.2) is 5.15 Å². The van der Waals surface area contributed by atoms with E-state index in [0.717, 1.165) is 17.8 Å². The van der Waals surface area contributed by atoms with Crippen LogP contribution in [0.1, 0.15) is 11.3 Å². The van der Waals surface area contributed by atoms with Crippen LogP contribution in [0.5, 0.6) is 11.5 Å². The predicted octanol–water partition coefficient (Wildman–Crippen LogP) is 6.46.